The molecule has 0 aliphatic rings. The predicted octanol–water partition coefficient (Wildman–Crippen LogP) is 4.57. The smallest absolute Gasteiger partial charge is 0.258 e. The van der Waals surface area contributed by atoms with Gasteiger partial charge in [-0.15, -0.1) is 11.3 Å². The van der Waals surface area contributed by atoms with Gasteiger partial charge in [-0.1, -0.05) is 41.9 Å². The fourth-order valence-corrected chi connectivity index (χ4v) is 3.69. The van der Waals surface area contributed by atoms with Crippen LogP contribution in [0.1, 0.15) is 10.4 Å². The Bertz CT molecular complexity index is 1210. The molecule has 4 aromatic rings. The van der Waals surface area contributed by atoms with Crippen molar-refractivity contribution < 1.29 is 4.79 Å². The molecular formula is C20H14ClN3O2S. The summed E-state index contributed by atoms with van der Waals surface area (Å²) < 4.78 is 1.52. The number of nitrogens with one attached hydrogen (secondary N) is 1. The zero-order valence-corrected chi connectivity index (χ0v) is 15.8. The molecule has 0 fully saturated rings. The maximum Gasteiger partial charge on any atom is 0.258 e. The number of para-hydroxylation sites is 1. The van der Waals surface area contributed by atoms with Gasteiger partial charge in [-0.05, 0) is 18.2 Å². The van der Waals surface area contributed by atoms with Crippen molar-refractivity contribution in [2.75, 3.05) is 5.32 Å². The zero-order chi connectivity index (χ0) is 19.0. The summed E-state index contributed by atoms with van der Waals surface area (Å²) in [6.07, 6.45) is 0. The summed E-state index contributed by atoms with van der Waals surface area (Å²) in [5.74, 6) is -0.360. The highest BCUT2D eigenvalue weighted by Gasteiger charge is 2.15. The molecule has 0 spiro atoms. The monoisotopic (exact) mass is 395 g/mol. The number of carbonyl (C=O) groups is 1. The number of amides is 1. The molecule has 27 heavy (non-hydrogen) atoms. The quantitative estimate of drug-likeness (QED) is 0.552. The Hall–Kier alpha value is -2.96. The van der Waals surface area contributed by atoms with E-state index in [1.807, 2.05) is 41.8 Å². The summed E-state index contributed by atoms with van der Waals surface area (Å²) >= 11 is 7.24. The molecule has 0 radical (unpaired) electrons. The van der Waals surface area contributed by atoms with Gasteiger partial charge in [0.25, 0.3) is 11.5 Å². The maximum absolute atomic E-state index is 12.8. The van der Waals surface area contributed by atoms with Crippen LogP contribution >= 0.6 is 22.9 Å². The first-order chi connectivity index (χ1) is 13.0. The second kappa shape index (κ2) is 6.98. The van der Waals surface area contributed by atoms with Crippen LogP contribution in [0, 0.1) is 0 Å². The van der Waals surface area contributed by atoms with Crippen molar-refractivity contribution >= 4 is 44.9 Å². The number of thiazole rings is 1. The number of halogens is 1. The van der Waals surface area contributed by atoms with Crippen LogP contribution in [-0.2, 0) is 7.05 Å². The second-order valence-electron chi connectivity index (χ2n) is 5.97. The Morgan fingerprint density at radius 1 is 1.15 bits per heavy atom. The van der Waals surface area contributed by atoms with Gasteiger partial charge in [0.2, 0.25) is 0 Å². The molecule has 134 valence electrons. The Balaban J connectivity index is 1.66. The van der Waals surface area contributed by atoms with Crippen LogP contribution < -0.4 is 10.9 Å². The molecule has 2 heterocycles. The largest absolute Gasteiger partial charge is 0.311 e. The first-order valence-corrected chi connectivity index (χ1v) is 9.40. The number of aromatic nitrogens is 2. The van der Waals surface area contributed by atoms with Gasteiger partial charge in [0.1, 0.15) is 0 Å². The van der Waals surface area contributed by atoms with E-state index >= 15 is 0 Å². The summed E-state index contributed by atoms with van der Waals surface area (Å²) in [6.45, 7) is 0. The van der Waals surface area contributed by atoms with Crippen molar-refractivity contribution in [3.05, 3.63) is 80.9 Å². The lowest BCUT2D eigenvalue weighted by Gasteiger charge is -2.09. The topological polar surface area (TPSA) is 64.0 Å². The lowest BCUT2D eigenvalue weighted by atomic mass is 10.1. The van der Waals surface area contributed by atoms with Crippen molar-refractivity contribution in [1.29, 1.82) is 0 Å². The Morgan fingerprint density at radius 2 is 1.89 bits per heavy atom. The van der Waals surface area contributed by atoms with Crippen molar-refractivity contribution in [3.63, 3.8) is 0 Å². The van der Waals surface area contributed by atoms with E-state index in [2.05, 4.69) is 10.3 Å². The number of carbonyl (C=O) groups excluding carboxylic acids is 1. The highest BCUT2D eigenvalue weighted by molar-refractivity contribution is 7.14. The molecule has 1 amide bonds. The summed E-state index contributed by atoms with van der Waals surface area (Å²) in [4.78, 5) is 29.4. The van der Waals surface area contributed by atoms with E-state index in [9.17, 15) is 9.59 Å². The van der Waals surface area contributed by atoms with Gasteiger partial charge in [-0.2, -0.15) is 0 Å². The van der Waals surface area contributed by atoms with Gasteiger partial charge < -0.3 is 4.57 Å². The van der Waals surface area contributed by atoms with Crippen LogP contribution in [0.5, 0.6) is 0 Å². The number of rotatable bonds is 3. The fraction of sp³-hybridized carbons (Fsp3) is 0.0500. The normalized spacial score (nSPS) is 10.9. The molecule has 7 heteroatoms. The van der Waals surface area contributed by atoms with Crippen molar-refractivity contribution in [2.24, 2.45) is 7.05 Å². The SMILES string of the molecule is Cn1c(=O)cc(C(=O)Nc2nc(-c3ccc(Cl)cc3)cs2)c2ccccc21. The van der Waals surface area contributed by atoms with Crippen molar-refractivity contribution in [1.82, 2.24) is 9.55 Å². The van der Waals surface area contributed by atoms with E-state index in [1.165, 1.54) is 22.0 Å². The average Bonchev–Trinajstić information content (AvgIpc) is 3.13. The molecule has 2 aromatic carbocycles. The first kappa shape index (κ1) is 17.5. The minimum Gasteiger partial charge on any atom is -0.311 e. The van der Waals surface area contributed by atoms with E-state index in [4.69, 9.17) is 11.6 Å². The highest BCUT2D eigenvalue weighted by atomic mass is 35.5. The molecule has 5 nitrogen and oxygen atoms in total. The van der Waals surface area contributed by atoms with E-state index in [0.29, 0.717) is 26.6 Å². The highest BCUT2D eigenvalue weighted by Crippen LogP contribution is 2.26. The zero-order valence-electron chi connectivity index (χ0n) is 14.3. The second-order valence-corrected chi connectivity index (χ2v) is 7.27. The number of pyridine rings is 1. The summed E-state index contributed by atoms with van der Waals surface area (Å²) in [6, 6.07) is 16.0. The van der Waals surface area contributed by atoms with Gasteiger partial charge in [0.05, 0.1) is 16.8 Å². The number of hydrogen-bond donors (Lipinski definition) is 1. The number of aryl methyl sites for hydroxylation is 1. The lowest BCUT2D eigenvalue weighted by Crippen LogP contribution is -2.21. The third-order valence-corrected chi connectivity index (χ3v) is 5.27. The number of hydrogen-bond acceptors (Lipinski definition) is 4. The number of fused-ring (bicyclic) bond motifs is 1. The summed E-state index contributed by atoms with van der Waals surface area (Å²) in [5.41, 5.74) is 2.46. The Kier molecular flexibility index (Phi) is 4.51. The number of anilines is 1. The minimum atomic E-state index is -0.360. The molecule has 0 aliphatic heterocycles. The van der Waals surface area contributed by atoms with Gasteiger partial charge in [-0.3, -0.25) is 14.9 Å². The maximum atomic E-state index is 12.8. The summed E-state index contributed by atoms with van der Waals surface area (Å²) in [5, 5.41) is 6.49. The van der Waals surface area contributed by atoms with Crippen LogP contribution in [0.3, 0.4) is 0 Å². The van der Waals surface area contributed by atoms with Gasteiger partial charge in [-0.25, -0.2) is 4.98 Å². The molecule has 0 bridgehead atoms. The Morgan fingerprint density at radius 3 is 2.67 bits per heavy atom. The summed E-state index contributed by atoms with van der Waals surface area (Å²) in [7, 11) is 1.69. The van der Waals surface area contributed by atoms with Crippen LogP contribution in [0.25, 0.3) is 22.2 Å². The average molecular weight is 396 g/mol. The van der Waals surface area contributed by atoms with Crippen LogP contribution in [-0.4, -0.2) is 15.5 Å². The molecule has 4 rings (SSSR count). The van der Waals surface area contributed by atoms with Crippen molar-refractivity contribution in [3.8, 4) is 11.3 Å². The van der Waals surface area contributed by atoms with Crippen LogP contribution in [0.15, 0.2) is 64.8 Å². The third kappa shape index (κ3) is 3.37. The van der Waals surface area contributed by atoms with Crippen molar-refractivity contribution in [2.45, 2.75) is 0 Å². The number of benzene rings is 2. The molecule has 0 saturated carbocycles. The van der Waals surface area contributed by atoms with E-state index < -0.39 is 0 Å². The lowest BCUT2D eigenvalue weighted by molar-refractivity contribution is 0.102. The first-order valence-electron chi connectivity index (χ1n) is 8.14. The molecular weight excluding hydrogens is 382 g/mol. The molecule has 0 saturated heterocycles. The predicted molar refractivity (Wildman–Crippen MR) is 110 cm³/mol. The van der Waals surface area contributed by atoms with E-state index in [1.54, 1.807) is 19.2 Å². The van der Waals surface area contributed by atoms with E-state index in [0.717, 1.165) is 11.3 Å². The van der Waals surface area contributed by atoms with Crippen LogP contribution in [0.2, 0.25) is 5.02 Å². The number of nitrogens with zero attached hydrogens (tertiary/aromatic N) is 2. The Labute approximate surface area is 163 Å². The third-order valence-electron chi connectivity index (χ3n) is 4.26. The molecule has 1 N–H and O–H groups in total. The molecule has 0 atom stereocenters. The van der Waals surface area contributed by atoms with E-state index in [-0.39, 0.29) is 11.5 Å². The fourth-order valence-electron chi connectivity index (χ4n) is 2.85. The minimum absolute atomic E-state index is 0.236. The van der Waals surface area contributed by atoms with Crippen LogP contribution in [0.4, 0.5) is 5.13 Å². The van der Waals surface area contributed by atoms with Gasteiger partial charge in [0.15, 0.2) is 5.13 Å². The van der Waals surface area contributed by atoms with Gasteiger partial charge >= 0.3 is 0 Å². The molecule has 2 aromatic heterocycles. The molecule has 0 aliphatic carbocycles. The van der Waals surface area contributed by atoms with Gasteiger partial charge in [0, 0.05) is 34.5 Å². The molecule has 0 unspecified atom stereocenters. The standard InChI is InChI=1S/C20H14ClN3O2S/c1-24-17-5-3-2-4-14(17)15(10-18(24)25)19(26)23-20-22-16(11-27-20)12-6-8-13(21)9-7-12/h2-11H,1H3,(H,22,23,26).